The molecule has 2 heterocycles. The van der Waals surface area contributed by atoms with Crippen LogP contribution in [0.3, 0.4) is 0 Å². The van der Waals surface area contributed by atoms with E-state index in [2.05, 4.69) is 30.6 Å². The molecule has 5 rings (SSSR count). The highest BCUT2D eigenvalue weighted by Gasteiger charge is 2.27. The molecule has 3 aromatic carbocycles. The molecular weight excluding hydrogens is 551 g/mol. The molecule has 41 heavy (non-hydrogen) atoms. The van der Waals surface area contributed by atoms with Crippen molar-refractivity contribution in [2.75, 3.05) is 31.1 Å². The highest BCUT2D eigenvalue weighted by atomic mass is 35.5. The molecule has 0 unspecified atom stereocenters. The van der Waals surface area contributed by atoms with Crippen molar-refractivity contribution in [3.63, 3.8) is 0 Å². The Hall–Kier alpha value is -3.67. The molecule has 4 aromatic rings. The Labute approximate surface area is 241 Å². The zero-order chi connectivity index (χ0) is 29.7. The number of hydrogen-bond donors (Lipinski definition) is 4. The highest BCUT2D eigenvalue weighted by Crippen LogP contribution is 2.41. The number of aliphatic hydroxyl groups is 3. The van der Waals surface area contributed by atoms with Gasteiger partial charge in [0.15, 0.2) is 0 Å². The summed E-state index contributed by atoms with van der Waals surface area (Å²) in [4.78, 5) is 17.2. The minimum absolute atomic E-state index is 0.0726. The van der Waals surface area contributed by atoms with Crippen LogP contribution in [0.15, 0.2) is 71.8 Å². The Morgan fingerprint density at radius 2 is 1.49 bits per heavy atom. The van der Waals surface area contributed by atoms with E-state index in [0.717, 1.165) is 42.6 Å². The number of phenolic OH excluding ortho intramolecular Hbond substituents is 1. The minimum Gasteiger partial charge on any atom is -0.507 e. The summed E-state index contributed by atoms with van der Waals surface area (Å²) < 4.78 is 16.2. The van der Waals surface area contributed by atoms with Gasteiger partial charge in [0.1, 0.15) is 11.6 Å². The SMILES string of the molecule is CC(C)(C)N1CCN(c2cccc(-c3cc(F)cc(-c4ccc(-n5ccn(C(O)(O)O)c5=O)c(Cl)c4)c3O)c2)CC1. The predicted octanol–water partition coefficient (Wildman–Crippen LogP) is 3.94. The maximum atomic E-state index is 14.9. The van der Waals surface area contributed by atoms with Gasteiger partial charge in [0, 0.05) is 60.9 Å². The number of rotatable bonds is 5. The fourth-order valence-corrected chi connectivity index (χ4v) is 5.47. The molecule has 0 saturated carbocycles. The van der Waals surface area contributed by atoms with E-state index in [1.54, 1.807) is 6.07 Å². The summed E-state index contributed by atoms with van der Waals surface area (Å²) in [5, 5.41) is 39.4. The minimum atomic E-state index is -3.38. The lowest BCUT2D eigenvalue weighted by Crippen LogP contribution is -2.53. The molecule has 0 radical (unpaired) electrons. The second-order valence-electron chi connectivity index (χ2n) is 11.1. The fourth-order valence-electron chi connectivity index (χ4n) is 5.20. The summed E-state index contributed by atoms with van der Waals surface area (Å²) in [5.74, 6) is -0.672. The molecule has 0 bridgehead atoms. The molecule has 1 saturated heterocycles. The molecule has 0 amide bonds. The molecule has 0 spiro atoms. The van der Waals surface area contributed by atoms with Crippen molar-refractivity contribution in [1.29, 1.82) is 0 Å². The van der Waals surface area contributed by atoms with Gasteiger partial charge in [0.25, 0.3) is 0 Å². The summed E-state index contributed by atoms with van der Waals surface area (Å²) in [6.45, 7) is 10.2. The third-order valence-corrected chi connectivity index (χ3v) is 7.75. The van der Waals surface area contributed by atoms with Crippen LogP contribution in [-0.4, -0.2) is 66.2 Å². The number of anilines is 1. The topological polar surface area (TPSA) is 114 Å². The lowest BCUT2D eigenvalue weighted by molar-refractivity contribution is -0.376. The summed E-state index contributed by atoms with van der Waals surface area (Å²) in [6.07, 6.45) is -1.19. The van der Waals surface area contributed by atoms with Crippen LogP contribution in [0.25, 0.3) is 27.9 Å². The molecular formula is C30H32ClFN4O5. The number of imidazole rings is 1. The second-order valence-corrected chi connectivity index (χ2v) is 11.5. The summed E-state index contributed by atoms with van der Waals surface area (Å²) in [7, 11) is 0. The largest absolute Gasteiger partial charge is 0.507 e. The van der Waals surface area contributed by atoms with Crippen LogP contribution in [0.2, 0.25) is 5.02 Å². The van der Waals surface area contributed by atoms with Crippen molar-refractivity contribution >= 4 is 17.3 Å². The van der Waals surface area contributed by atoms with Crippen molar-refractivity contribution in [2.45, 2.75) is 32.4 Å². The maximum absolute atomic E-state index is 14.9. The normalized spacial score (nSPS) is 15.0. The first-order valence-corrected chi connectivity index (χ1v) is 13.5. The Balaban J connectivity index is 1.46. The average molecular weight is 583 g/mol. The van der Waals surface area contributed by atoms with Crippen molar-refractivity contribution in [3.05, 3.63) is 88.3 Å². The van der Waals surface area contributed by atoms with Crippen LogP contribution >= 0.6 is 11.6 Å². The smallest absolute Gasteiger partial charge is 0.377 e. The quantitative estimate of drug-likeness (QED) is 0.264. The first kappa shape index (κ1) is 28.8. The summed E-state index contributed by atoms with van der Waals surface area (Å²) >= 11 is 6.46. The summed E-state index contributed by atoms with van der Waals surface area (Å²) in [6, 6.07) is 14.7. The number of aromatic nitrogens is 2. The molecule has 216 valence electrons. The zero-order valence-electron chi connectivity index (χ0n) is 22.9. The predicted molar refractivity (Wildman–Crippen MR) is 156 cm³/mol. The van der Waals surface area contributed by atoms with E-state index >= 15 is 0 Å². The van der Waals surface area contributed by atoms with Gasteiger partial charge in [0.05, 0.1) is 10.7 Å². The number of aromatic hydroxyl groups is 1. The first-order chi connectivity index (χ1) is 19.2. The molecule has 0 atom stereocenters. The third kappa shape index (κ3) is 5.74. The molecule has 1 aliphatic heterocycles. The standard InChI is InChI=1S/C30H32ClFN4O5/c1-29(2,3)34-11-9-33(10-12-34)22-6-4-5-19(15-22)23-17-21(32)18-24(27(23)37)20-7-8-26(25(31)16-20)35-13-14-36(28(35)38)30(39,40)41/h4-8,13-18,37,39-41H,9-12H2,1-3H3. The number of benzene rings is 3. The number of phenols is 1. The van der Waals surface area contributed by atoms with Gasteiger partial charge in [-0.15, -0.1) is 0 Å². The van der Waals surface area contributed by atoms with Crippen LogP contribution in [0.1, 0.15) is 20.8 Å². The number of nitrogens with zero attached hydrogens (tertiary/aromatic N) is 4. The molecule has 11 heteroatoms. The Kier molecular flexibility index (Phi) is 7.47. The van der Waals surface area contributed by atoms with E-state index in [0.29, 0.717) is 21.3 Å². The second kappa shape index (κ2) is 10.6. The molecule has 9 nitrogen and oxygen atoms in total. The Morgan fingerprint density at radius 1 is 0.854 bits per heavy atom. The van der Waals surface area contributed by atoms with Gasteiger partial charge in [0.2, 0.25) is 0 Å². The van der Waals surface area contributed by atoms with Gasteiger partial charge in [-0.2, -0.15) is 0 Å². The molecule has 1 aromatic heterocycles. The third-order valence-electron chi connectivity index (χ3n) is 7.44. The van der Waals surface area contributed by atoms with Gasteiger partial charge in [-0.25, -0.2) is 13.8 Å². The average Bonchev–Trinajstić information content (AvgIpc) is 3.31. The van der Waals surface area contributed by atoms with E-state index < -0.39 is 17.6 Å². The Morgan fingerprint density at radius 3 is 2.05 bits per heavy atom. The molecule has 1 aliphatic rings. The van der Waals surface area contributed by atoms with Crippen molar-refractivity contribution < 1.29 is 24.8 Å². The van der Waals surface area contributed by atoms with Crippen molar-refractivity contribution in [2.24, 2.45) is 0 Å². The van der Waals surface area contributed by atoms with Crippen molar-refractivity contribution in [1.82, 2.24) is 14.0 Å². The number of hydrogen-bond acceptors (Lipinski definition) is 7. The van der Waals surface area contributed by atoms with E-state index in [9.17, 15) is 29.6 Å². The van der Waals surface area contributed by atoms with E-state index in [1.807, 2.05) is 24.3 Å². The van der Waals surface area contributed by atoms with Crippen molar-refractivity contribution in [3.8, 4) is 33.7 Å². The number of halogens is 2. The fraction of sp³-hybridized carbons (Fsp3) is 0.300. The maximum Gasteiger partial charge on any atom is 0.377 e. The van der Waals surface area contributed by atoms with Crippen LogP contribution in [0, 0.1) is 5.82 Å². The monoisotopic (exact) mass is 582 g/mol. The lowest BCUT2D eigenvalue weighted by atomic mass is 9.96. The van der Waals surface area contributed by atoms with Crippen LogP contribution < -0.4 is 10.6 Å². The van der Waals surface area contributed by atoms with E-state index in [1.165, 1.54) is 30.5 Å². The molecule has 4 N–H and O–H groups in total. The van der Waals surface area contributed by atoms with E-state index in [-0.39, 0.29) is 27.6 Å². The molecule has 1 fully saturated rings. The van der Waals surface area contributed by atoms with Gasteiger partial charge in [-0.3, -0.25) is 9.47 Å². The van der Waals surface area contributed by atoms with Gasteiger partial charge >= 0.3 is 11.8 Å². The lowest BCUT2D eigenvalue weighted by Gasteiger charge is -2.43. The highest BCUT2D eigenvalue weighted by molar-refractivity contribution is 6.32. The van der Waals surface area contributed by atoms with Gasteiger partial charge < -0.3 is 25.3 Å². The number of piperazine rings is 1. The Bertz CT molecular complexity index is 1650. The summed E-state index contributed by atoms with van der Waals surface area (Å²) in [5.41, 5.74) is 1.92. The van der Waals surface area contributed by atoms with Crippen LogP contribution in [0.4, 0.5) is 10.1 Å². The first-order valence-electron chi connectivity index (χ1n) is 13.1. The molecule has 0 aliphatic carbocycles. The van der Waals surface area contributed by atoms with Crippen LogP contribution in [0.5, 0.6) is 5.75 Å². The van der Waals surface area contributed by atoms with Gasteiger partial charge in [-0.05, 0) is 68.3 Å². The van der Waals surface area contributed by atoms with Crippen LogP contribution in [-0.2, 0) is 6.10 Å². The zero-order valence-corrected chi connectivity index (χ0v) is 23.7. The van der Waals surface area contributed by atoms with Gasteiger partial charge in [-0.1, -0.05) is 29.8 Å². The van der Waals surface area contributed by atoms with E-state index in [4.69, 9.17) is 11.6 Å².